The van der Waals surface area contributed by atoms with Gasteiger partial charge in [-0.1, -0.05) is 0 Å². The zero-order valence-corrected chi connectivity index (χ0v) is 9.84. The van der Waals surface area contributed by atoms with Crippen LogP contribution in [-0.2, 0) is 9.47 Å². The summed E-state index contributed by atoms with van der Waals surface area (Å²) in [7, 11) is 1.75. The van der Waals surface area contributed by atoms with Gasteiger partial charge in [0.2, 0.25) is 0 Å². The Balaban J connectivity index is 2.02. The lowest BCUT2D eigenvalue weighted by molar-refractivity contribution is 0.0924. The number of thiol groups is 1. The molecule has 1 rings (SSSR count). The molecule has 0 N–H and O–H groups in total. The van der Waals surface area contributed by atoms with Crippen LogP contribution in [-0.4, -0.2) is 56.7 Å². The molecule has 0 unspecified atom stereocenters. The highest BCUT2D eigenvalue weighted by molar-refractivity contribution is 7.80. The first-order chi connectivity index (χ1) is 6.88. The minimum Gasteiger partial charge on any atom is -0.383 e. The number of ether oxygens (including phenoxy) is 2. The highest BCUT2D eigenvalue weighted by Gasteiger charge is 2.27. The van der Waals surface area contributed by atoms with Crippen LogP contribution in [0.25, 0.3) is 0 Å². The average molecular weight is 219 g/mol. The van der Waals surface area contributed by atoms with Gasteiger partial charge in [0.15, 0.2) is 0 Å². The SMILES string of the molecule is COCCN(CCOCCS)C1CC1. The summed E-state index contributed by atoms with van der Waals surface area (Å²) in [5, 5.41) is 0. The summed E-state index contributed by atoms with van der Waals surface area (Å²) in [6.45, 7) is 4.46. The Morgan fingerprint density at radius 2 is 1.93 bits per heavy atom. The normalized spacial score (nSPS) is 16.5. The van der Waals surface area contributed by atoms with Crippen molar-refractivity contribution in [2.75, 3.05) is 45.8 Å². The monoisotopic (exact) mass is 219 g/mol. The zero-order valence-electron chi connectivity index (χ0n) is 8.95. The molecular formula is C10H21NO2S. The maximum atomic E-state index is 5.41. The molecule has 0 bridgehead atoms. The standard InChI is InChI=1S/C10H21NO2S/c1-12-6-4-11(10-2-3-10)5-7-13-8-9-14/h10,14H,2-9H2,1H3. The van der Waals surface area contributed by atoms with Gasteiger partial charge in [0.05, 0.1) is 19.8 Å². The van der Waals surface area contributed by atoms with Gasteiger partial charge in [-0.25, -0.2) is 0 Å². The Labute approximate surface area is 92.2 Å². The third kappa shape index (κ3) is 5.20. The molecule has 0 aliphatic heterocycles. The molecule has 1 saturated carbocycles. The van der Waals surface area contributed by atoms with E-state index in [4.69, 9.17) is 9.47 Å². The van der Waals surface area contributed by atoms with Gasteiger partial charge in [0, 0.05) is 32.0 Å². The molecule has 0 atom stereocenters. The molecule has 0 aromatic heterocycles. The molecule has 1 fully saturated rings. The topological polar surface area (TPSA) is 21.7 Å². The van der Waals surface area contributed by atoms with E-state index >= 15 is 0 Å². The lowest BCUT2D eigenvalue weighted by atomic mass is 10.4. The summed E-state index contributed by atoms with van der Waals surface area (Å²) >= 11 is 4.10. The second-order valence-corrected chi connectivity index (χ2v) is 4.04. The number of rotatable bonds is 9. The van der Waals surface area contributed by atoms with E-state index in [-0.39, 0.29) is 0 Å². The van der Waals surface area contributed by atoms with Crippen molar-refractivity contribution in [3.63, 3.8) is 0 Å². The fourth-order valence-electron chi connectivity index (χ4n) is 1.47. The van der Waals surface area contributed by atoms with Gasteiger partial charge < -0.3 is 9.47 Å². The highest BCUT2D eigenvalue weighted by Crippen LogP contribution is 2.26. The van der Waals surface area contributed by atoms with Gasteiger partial charge in [0.1, 0.15) is 0 Å². The van der Waals surface area contributed by atoms with Crippen molar-refractivity contribution in [2.45, 2.75) is 18.9 Å². The fraction of sp³-hybridized carbons (Fsp3) is 1.00. The van der Waals surface area contributed by atoms with Crippen molar-refractivity contribution in [1.82, 2.24) is 4.90 Å². The van der Waals surface area contributed by atoms with Gasteiger partial charge in [-0.2, -0.15) is 12.6 Å². The van der Waals surface area contributed by atoms with Gasteiger partial charge >= 0.3 is 0 Å². The molecule has 1 aliphatic carbocycles. The summed E-state index contributed by atoms with van der Waals surface area (Å²) in [6, 6.07) is 0.796. The van der Waals surface area contributed by atoms with Gasteiger partial charge in [-0.05, 0) is 12.8 Å². The average Bonchev–Trinajstić information content (AvgIpc) is 3.00. The van der Waals surface area contributed by atoms with Crippen LogP contribution in [0.4, 0.5) is 0 Å². The van der Waals surface area contributed by atoms with E-state index in [0.29, 0.717) is 0 Å². The van der Waals surface area contributed by atoms with Crippen molar-refractivity contribution < 1.29 is 9.47 Å². The molecule has 0 amide bonds. The molecule has 0 aromatic rings. The zero-order chi connectivity index (χ0) is 10.2. The van der Waals surface area contributed by atoms with E-state index in [1.807, 2.05) is 0 Å². The third-order valence-corrected chi connectivity index (χ3v) is 2.59. The maximum Gasteiger partial charge on any atom is 0.0593 e. The first-order valence-corrected chi connectivity index (χ1v) is 5.93. The van der Waals surface area contributed by atoms with Crippen LogP contribution in [0.1, 0.15) is 12.8 Å². The highest BCUT2D eigenvalue weighted by atomic mass is 32.1. The van der Waals surface area contributed by atoms with Gasteiger partial charge in [-0.15, -0.1) is 0 Å². The molecular weight excluding hydrogens is 198 g/mol. The Kier molecular flexibility index (Phi) is 6.60. The second kappa shape index (κ2) is 7.51. The molecule has 1 aliphatic rings. The minimum atomic E-state index is 0.756. The Morgan fingerprint density at radius 1 is 1.21 bits per heavy atom. The second-order valence-electron chi connectivity index (χ2n) is 3.60. The summed E-state index contributed by atoms with van der Waals surface area (Å²) in [4.78, 5) is 2.46. The Hall–Kier alpha value is 0.230. The van der Waals surface area contributed by atoms with Crippen molar-refractivity contribution in [2.24, 2.45) is 0 Å². The van der Waals surface area contributed by atoms with E-state index in [2.05, 4.69) is 17.5 Å². The first kappa shape index (κ1) is 12.3. The van der Waals surface area contributed by atoms with Crippen LogP contribution < -0.4 is 0 Å². The molecule has 0 spiro atoms. The van der Waals surface area contributed by atoms with Crippen molar-refractivity contribution in [3.8, 4) is 0 Å². The lowest BCUT2D eigenvalue weighted by Crippen LogP contribution is -2.33. The van der Waals surface area contributed by atoms with Crippen LogP contribution in [0, 0.1) is 0 Å². The van der Waals surface area contributed by atoms with E-state index in [1.54, 1.807) is 7.11 Å². The molecule has 3 nitrogen and oxygen atoms in total. The molecule has 0 saturated heterocycles. The Bertz CT molecular complexity index is 142. The lowest BCUT2D eigenvalue weighted by Gasteiger charge is -2.21. The third-order valence-electron chi connectivity index (χ3n) is 2.40. The molecule has 84 valence electrons. The molecule has 14 heavy (non-hydrogen) atoms. The van der Waals surface area contributed by atoms with E-state index in [9.17, 15) is 0 Å². The van der Waals surface area contributed by atoms with E-state index in [1.165, 1.54) is 12.8 Å². The number of hydrogen-bond donors (Lipinski definition) is 1. The van der Waals surface area contributed by atoms with Crippen LogP contribution in [0.2, 0.25) is 0 Å². The minimum absolute atomic E-state index is 0.756. The van der Waals surface area contributed by atoms with E-state index in [0.717, 1.165) is 44.7 Å². The summed E-state index contributed by atoms with van der Waals surface area (Å²) in [6.07, 6.45) is 2.69. The van der Waals surface area contributed by atoms with Crippen LogP contribution in [0.15, 0.2) is 0 Å². The first-order valence-electron chi connectivity index (χ1n) is 5.30. The van der Waals surface area contributed by atoms with Gasteiger partial charge in [0.25, 0.3) is 0 Å². The smallest absolute Gasteiger partial charge is 0.0593 e. The summed E-state index contributed by atoms with van der Waals surface area (Å²) in [5.74, 6) is 0.807. The number of hydrogen-bond acceptors (Lipinski definition) is 4. The van der Waals surface area contributed by atoms with Crippen LogP contribution >= 0.6 is 12.6 Å². The quantitative estimate of drug-likeness (QED) is 0.463. The molecule has 0 aromatic carbocycles. The molecule has 0 radical (unpaired) electrons. The predicted molar refractivity (Wildman–Crippen MR) is 61.1 cm³/mol. The summed E-state index contributed by atoms with van der Waals surface area (Å²) in [5.41, 5.74) is 0. The van der Waals surface area contributed by atoms with Crippen LogP contribution in [0.3, 0.4) is 0 Å². The van der Waals surface area contributed by atoms with Gasteiger partial charge in [-0.3, -0.25) is 4.90 Å². The number of methoxy groups -OCH3 is 1. The summed E-state index contributed by atoms with van der Waals surface area (Å²) < 4.78 is 10.5. The maximum absolute atomic E-state index is 5.41. The molecule has 4 heteroatoms. The largest absolute Gasteiger partial charge is 0.383 e. The Morgan fingerprint density at radius 3 is 2.50 bits per heavy atom. The predicted octanol–water partition coefficient (Wildman–Crippen LogP) is 1.04. The van der Waals surface area contributed by atoms with Crippen molar-refractivity contribution >= 4 is 12.6 Å². The molecule has 0 heterocycles. The van der Waals surface area contributed by atoms with E-state index < -0.39 is 0 Å². The van der Waals surface area contributed by atoms with Crippen molar-refractivity contribution in [1.29, 1.82) is 0 Å². The van der Waals surface area contributed by atoms with Crippen LogP contribution in [0.5, 0.6) is 0 Å². The van der Waals surface area contributed by atoms with Crippen molar-refractivity contribution in [3.05, 3.63) is 0 Å². The fourth-order valence-corrected chi connectivity index (χ4v) is 1.60. The number of nitrogens with zero attached hydrogens (tertiary/aromatic N) is 1.